The second-order valence-corrected chi connectivity index (χ2v) is 11.0. The largest absolute Gasteiger partial charge is 0.465 e. The predicted molar refractivity (Wildman–Crippen MR) is 154 cm³/mol. The Hall–Kier alpha value is -4.15. The smallest absolute Gasteiger partial charge is 0.410 e. The van der Waals surface area contributed by atoms with Crippen LogP contribution < -0.4 is 0 Å². The number of ketones is 1. The third kappa shape index (κ3) is 7.98. The maximum absolute atomic E-state index is 12.4. The normalized spacial score (nSPS) is 17.0. The minimum atomic E-state index is -0.546. The Morgan fingerprint density at radius 1 is 0.952 bits per heavy atom. The van der Waals surface area contributed by atoms with Crippen molar-refractivity contribution in [3.63, 3.8) is 0 Å². The van der Waals surface area contributed by atoms with Gasteiger partial charge in [0.15, 0.2) is 5.78 Å². The fourth-order valence-corrected chi connectivity index (χ4v) is 4.95. The fraction of sp³-hybridized carbons (Fsp3) is 0.516. The maximum atomic E-state index is 12.4. The molecule has 1 aromatic heterocycles. The van der Waals surface area contributed by atoms with Crippen molar-refractivity contribution < 1.29 is 33.4 Å². The van der Waals surface area contributed by atoms with Crippen LogP contribution in [0, 0.1) is 5.92 Å². The molecule has 0 unspecified atom stereocenters. The van der Waals surface area contributed by atoms with Gasteiger partial charge in [-0.3, -0.25) is 9.48 Å². The van der Waals surface area contributed by atoms with Crippen LogP contribution >= 0.6 is 0 Å². The van der Waals surface area contributed by atoms with E-state index in [-0.39, 0.29) is 42.0 Å². The van der Waals surface area contributed by atoms with Gasteiger partial charge in [-0.1, -0.05) is 30.3 Å². The number of aromatic nitrogens is 2. The number of hydrogen-bond acceptors (Lipinski definition) is 9. The van der Waals surface area contributed by atoms with E-state index in [1.807, 2.05) is 35.0 Å². The molecule has 42 heavy (non-hydrogen) atoms. The molecule has 5 rings (SSSR count). The van der Waals surface area contributed by atoms with Crippen LogP contribution in [-0.4, -0.2) is 84.8 Å². The zero-order valence-corrected chi connectivity index (χ0v) is 24.8. The number of amides is 1. The summed E-state index contributed by atoms with van der Waals surface area (Å²) in [6.45, 7) is 1.53. The van der Waals surface area contributed by atoms with Gasteiger partial charge >= 0.3 is 18.0 Å². The van der Waals surface area contributed by atoms with Gasteiger partial charge in [0.25, 0.3) is 0 Å². The van der Waals surface area contributed by atoms with Crippen molar-refractivity contribution in [1.29, 1.82) is 0 Å². The van der Waals surface area contributed by atoms with E-state index in [1.54, 1.807) is 30.1 Å². The van der Waals surface area contributed by atoms with Crippen LogP contribution in [0.25, 0.3) is 0 Å². The molecule has 2 heterocycles. The predicted octanol–water partition coefficient (Wildman–Crippen LogP) is 4.10. The number of rotatable bonds is 9. The van der Waals surface area contributed by atoms with Gasteiger partial charge in [-0.25, -0.2) is 14.4 Å². The van der Waals surface area contributed by atoms with E-state index in [0.717, 1.165) is 49.8 Å². The Balaban J connectivity index is 0.000000244. The lowest BCUT2D eigenvalue weighted by Gasteiger charge is -2.32. The number of carbonyl (C=O) groups excluding carboxylic acids is 4. The van der Waals surface area contributed by atoms with Gasteiger partial charge in [-0.05, 0) is 44.1 Å². The van der Waals surface area contributed by atoms with Gasteiger partial charge in [0.1, 0.15) is 17.7 Å². The molecule has 2 aliphatic carbocycles. The monoisotopic (exact) mass is 580 g/mol. The van der Waals surface area contributed by atoms with Crippen LogP contribution in [0.1, 0.15) is 72.1 Å². The highest BCUT2D eigenvalue weighted by Gasteiger charge is 2.36. The minimum Gasteiger partial charge on any atom is -0.465 e. The van der Waals surface area contributed by atoms with Gasteiger partial charge in [0, 0.05) is 45.2 Å². The lowest BCUT2D eigenvalue weighted by molar-refractivity contribution is -0.138. The first-order valence-electron chi connectivity index (χ1n) is 14.4. The molecule has 2 aromatic rings. The number of esters is 2. The number of methoxy groups -OCH3 is 2. The maximum Gasteiger partial charge on any atom is 0.410 e. The number of nitrogens with zero attached hydrogens (tertiary/aromatic N) is 4. The van der Waals surface area contributed by atoms with Crippen LogP contribution in [-0.2, 0) is 30.4 Å². The minimum absolute atomic E-state index is 0.0419. The van der Waals surface area contributed by atoms with Crippen molar-refractivity contribution in [2.45, 2.75) is 57.1 Å². The molecule has 1 saturated heterocycles. The van der Waals surface area contributed by atoms with E-state index < -0.39 is 5.97 Å². The molecule has 0 radical (unpaired) electrons. The Bertz CT molecular complexity index is 1290. The molecule has 1 aliphatic heterocycles. The zero-order chi connectivity index (χ0) is 30.2. The summed E-state index contributed by atoms with van der Waals surface area (Å²) in [4.78, 5) is 50.8. The van der Waals surface area contributed by atoms with Crippen LogP contribution in [0.5, 0.6) is 0 Å². The SMILES string of the molecule is COC(=O)C(=CN(C)C)C(=O)C1CC1.COC(=O)c1cnn(C2CCN(C(=O)OCc3ccccc3)CC2)c1C1CC1. The first kappa shape index (κ1) is 30.8. The molecular formula is C31H40N4O7. The van der Waals surface area contributed by atoms with Crippen molar-refractivity contribution in [2.24, 2.45) is 5.92 Å². The van der Waals surface area contributed by atoms with Crippen molar-refractivity contribution in [2.75, 3.05) is 41.4 Å². The molecule has 0 spiro atoms. The van der Waals surface area contributed by atoms with E-state index in [2.05, 4.69) is 9.84 Å². The quantitative estimate of drug-likeness (QED) is 0.142. The highest BCUT2D eigenvalue weighted by molar-refractivity contribution is 6.18. The Kier molecular flexibility index (Phi) is 10.4. The molecule has 11 nitrogen and oxygen atoms in total. The lowest BCUT2D eigenvalue weighted by atomic mass is 10.0. The van der Waals surface area contributed by atoms with E-state index in [4.69, 9.17) is 9.47 Å². The number of Topliss-reactive ketones (excluding diaryl/α,β-unsaturated/α-hetero) is 1. The first-order valence-corrected chi connectivity index (χ1v) is 14.4. The molecule has 2 saturated carbocycles. The average Bonchev–Trinajstić information content (AvgIpc) is 3.96. The second kappa shape index (κ2) is 14.2. The second-order valence-electron chi connectivity index (χ2n) is 11.0. The molecule has 3 aliphatic rings. The van der Waals surface area contributed by atoms with Gasteiger partial charge < -0.3 is 24.0 Å². The number of likely N-dealkylation sites (tertiary alicyclic amines) is 1. The van der Waals surface area contributed by atoms with Crippen LogP contribution in [0.3, 0.4) is 0 Å². The molecular weight excluding hydrogens is 540 g/mol. The summed E-state index contributed by atoms with van der Waals surface area (Å²) in [7, 11) is 6.22. The Morgan fingerprint density at radius 3 is 2.17 bits per heavy atom. The first-order chi connectivity index (χ1) is 20.2. The fourth-order valence-electron chi connectivity index (χ4n) is 4.95. The molecule has 11 heteroatoms. The summed E-state index contributed by atoms with van der Waals surface area (Å²) in [6, 6.07) is 9.86. The third-order valence-electron chi connectivity index (χ3n) is 7.48. The Labute approximate surface area is 246 Å². The number of piperidine rings is 1. The highest BCUT2D eigenvalue weighted by atomic mass is 16.6. The molecule has 0 atom stereocenters. The number of hydrogen-bond donors (Lipinski definition) is 0. The summed E-state index contributed by atoms with van der Waals surface area (Å²) in [5, 5.41) is 4.50. The van der Waals surface area contributed by atoms with Crippen LogP contribution in [0.15, 0.2) is 48.3 Å². The van der Waals surface area contributed by atoms with E-state index in [1.165, 1.54) is 20.4 Å². The standard InChI is InChI=1S/C21H25N3O4.C10H15NO3/c1-27-20(25)18-13-22-24(19(18)16-7-8-16)17-9-11-23(12-10-17)21(26)28-14-15-5-3-2-4-6-15;1-11(2)6-8(10(13)14-3)9(12)7-4-5-7/h2-6,13,16-17H,7-12,14H2,1H3;6-7H,4-5H2,1-3H3. The molecule has 1 amide bonds. The van der Waals surface area contributed by atoms with Gasteiger partial charge in [-0.15, -0.1) is 0 Å². The molecule has 0 bridgehead atoms. The number of carbonyl (C=O) groups is 4. The number of benzene rings is 1. The van der Waals surface area contributed by atoms with E-state index in [0.29, 0.717) is 24.6 Å². The number of ether oxygens (including phenoxy) is 3. The van der Waals surface area contributed by atoms with Gasteiger partial charge in [-0.2, -0.15) is 5.10 Å². The summed E-state index contributed by atoms with van der Waals surface area (Å²) in [6.07, 6.45) is 8.40. The lowest BCUT2D eigenvalue weighted by Crippen LogP contribution is -2.39. The van der Waals surface area contributed by atoms with E-state index in [9.17, 15) is 19.2 Å². The zero-order valence-electron chi connectivity index (χ0n) is 24.8. The van der Waals surface area contributed by atoms with Gasteiger partial charge in [0.05, 0.1) is 32.2 Å². The summed E-state index contributed by atoms with van der Waals surface area (Å²) in [5.41, 5.74) is 2.71. The third-order valence-corrected chi connectivity index (χ3v) is 7.48. The van der Waals surface area contributed by atoms with Gasteiger partial charge in [0.2, 0.25) is 0 Å². The molecule has 1 aromatic carbocycles. The van der Waals surface area contributed by atoms with Crippen LogP contribution in [0.4, 0.5) is 4.79 Å². The molecule has 3 fully saturated rings. The summed E-state index contributed by atoms with van der Waals surface area (Å²) < 4.78 is 16.9. The topological polar surface area (TPSA) is 120 Å². The van der Waals surface area contributed by atoms with Crippen molar-refractivity contribution in [3.8, 4) is 0 Å². The summed E-state index contributed by atoms with van der Waals surface area (Å²) >= 11 is 0. The van der Waals surface area contributed by atoms with E-state index >= 15 is 0 Å². The van der Waals surface area contributed by atoms with Crippen LogP contribution in [0.2, 0.25) is 0 Å². The van der Waals surface area contributed by atoms with Crippen molar-refractivity contribution in [1.82, 2.24) is 19.6 Å². The molecule has 226 valence electrons. The van der Waals surface area contributed by atoms with Crippen molar-refractivity contribution >= 4 is 23.8 Å². The highest BCUT2D eigenvalue weighted by Crippen LogP contribution is 2.43. The summed E-state index contributed by atoms with van der Waals surface area (Å²) in [5.74, 6) is -0.526. The average molecular weight is 581 g/mol. The molecule has 0 N–H and O–H groups in total. The van der Waals surface area contributed by atoms with Crippen molar-refractivity contribution in [3.05, 3.63) is 65.1 Å². The Morgan fingerprint density at radius 2 is 1.62 bits per heavy atom.